The molecule has 1 aliphatic rings. The molecule has 1 amide bonds. The van der Waals surface area contributed by atoms with Crippen LogP contribution in [0, 0.1) is 0 Å². The van der Waals surface area contributed by atoms with E-state index in [-0.39, 0.29) is 12.0 Å². The molecule has 0 unspecified atom stereocenters. The highest BCUT2D eigenvalue weighted by atomic mass is 35.5. The number of ether oxygens (including phenoxy) is 2. The van der Waals surface area contributed by atoms with Crippen molar-refractivity contribution in [1.82, 2.24) is 9.88 Å². The van der Waals surface area contributed by atoms with E-state index in [1.165, 1.54) is 6.20 Å². The number of hydrogen-bond donors (Lipinski definition) is 0. The second-order valence-corrected chi connectivity index (χ2v) is 5.33. The summed E-state index contributed by atoms with van der Waals surface area (Å²) >= 11 is 6.19. The third-order valence-electron chi connectivity index (χ3n) is 3.55. The lowest BCUT2D eigenvalue weighted by Gasteiger charge is -2.23. The number of carbonyl (C=O) groups excluding carboxylic acids is 1. The number of pyridine rings is 1. The summed E-state index contributed by atoms with van der Waals surface area (Å²) in [5, 5.41) is 0.375. The Balaban J connectivity index is 2.07. The largest absolute Gasteiger partial charge is 0.473 e. The first kappa shape index (κ1) is 16.0. The normalized spacial score (nSPS) is 15.8. The summed E-state index contributed by atoms with van der Waals surface area (Å²) in [6.07, 6.45) is 3.27. The first-order chi connectivity index (χ1) is 10.2. The van der Waals surface area contributed by atoms with Crippen molar-refractivity contribution in [3.63, 3.8) is 0 Å². The lowest BCUT2D eigenvalue weighted by molar-refractivity contribution is 0.0238. The molecule has 2 rings (SSSR count). The second kappa shape index (κ2) is 7.61. The van der Waals surface area contributed by atoms with Gasteiger partial charge in [-0.3, -0.25) is 4.79 Å². The van der Waals surface area contributed by atoms with Gasteiger partial charge in [0, 0.05) is 32.1 Å². The van der Waals surface area contributed by atoms with E-state index >= 15 is 0 Å². The van der Waals surface area contributed by atoms with E-state index in [0.717, 1.165) is 12.8 Å². The van der Waals surface area contributed by atoms with Gasteiger partial charge in [0.1, 0.15) is 11.1 Å². The zero-order valence-corrected chi connectivity index (χ0v) is 13.2. The van der Waals surface area contributed by atoms with Gasteiger partial charge in [-0.1, -0.05) is 11.6 Å². The molecule has 116 valence electrons. The number of hydrogen-bond acceptors (Lipinski definition) is 4. The maximum absolute atomic E-state index is 12.2. The standard InChI is InChI=1S/C15H21ClN2O3/c1-3-18(4-2)15(19)11-9-13(16)14(17-10-11)21-12-5-7-20-8-6-12/h9-10,12H,3-8H2,1-2H3. The van der Waals surface area contributed by atoms with E-state index in [2.05, 4.69) is 4.98 Å². The van der Waals surface area contributed by atoms with Crippen molar-refractivity contribution in [1.29, 1.82) is 0 Å². The molecule has 0 radical (unpaired) electrons. The summed E-state index contributed by atoms with van der Waals surface area (Å²) < 4.78 is 11.1. The summed E-state index contributed by atoms with van der Waals surface area (Å²) in [6, 6.07) is 1.63. The fourth-order valence-electron chi connectivity index (χ4n) is 2.27. The lowest BCUT2D eigenvalue weighted by Crippen LogP contribution is -2.30. The van der Waals surface area contributed by atoms with Crippen molar-refractivity contribution in [3.8, 4) is 5.88 Å². The predicted molar refractivity (Wildman–Crippen MR) is 81.0 cm³/mol. The molecule has 0 aliphatic carbocycles. The molecule has 0 bridgehead atoms. The van der Waals surface area contributed by atoms with Crippen LogP contribution in [-0.4, -0.2) is 48.2 Å². The maximum Gasteiger partial charge on any atom is 0.255 e. The van der Waals surface area contributed by atoms with Gasteiger partial charge in [-0.2, -0.15) is 0 Å². The molecule has 0 spiro atoms. The number of halogens is 1. The summed E-state index contributed by atoms with van der Waals surface area (Å²) in [5.74, 6) is 0.326. The van der Waals surface area contributed by atoms with E-state index < -0.39 is 0 Å². The van der Waals surface area contributed by atoms with Crippen LogP contribution >= 0.6 is 11.6 Å². The van der Waals surface area contributed by atoms with Gasteiger partial charge in [0.15, 0.2) is 0 Å². The minimum atomic E-state index is -0.0629. The van der Waals surface area contributed by atoms with Crippen LogP contribution in [0.4, 0.5) is 0 Å². The van der Waals surface area contributed by atoms with Crippen molar-refractivity contribution in [2.75, 3.05) is 26.3 Å². The summed E-state index contributed by atoms with van der Waals surface area (Å²) in [4.78, 5) is 18.2. The Morgan fingerprint density at radius 1 is 1.43 bits per heavy atom. The fraction of sp³-hybridized carbons (Fsp3) is 0.600. The van der Waals surface area contributed by atoms with Crippen LogP contribution in [0.1, 0.15) is 37.0 Å². The van der Waals surface area contributed by atoms with Crippen LogP contribution in [0.25, 0.3) is 0 Å². The van der Waals surface area contributed by atoms with Gasteiger partial charge in [0.05, 0.1) is 18.8 Å². The van der Waals surface area contributed by atoms with Gasteiger partial charge in [-0.15, -0.1) is 0 Å². The molecule has 21 heavy (non-hydrogen) atoms. The first-order valence-corrected chi connectivity index (χ1v) is 7.72. The highest BCUT2D eigenvalue weighted by Gasteiger charge is 2.19. The number of rotatable bonds is 5. The van der Waals surface area contributed by atoms with Crippen molar-refractivity contribution >= 4 is 17.5 Å². The lowest BCUT2D eigenvalue weighted by atomic mass is 10.1. The SMILES string of the molecule is CCN(CC)C(=O)c1cnc(OC2CCOCC2)c(Cl)c1. The van der Waals surface area contributed by atoms with E-state index in [0.29, 0.717) is 42.8 Å². The molecule has 1 aliphatic heterocycles. The topological polar surface area (TPSA) is 51.7 Å². The average Bonchev–Trinajstić information content (AvgIpc) is 2.51. The molecule has 0 saturated carbocycles. The average molecular weight is 313 g/mol. The molecular weight excluding hydrogens is 292 g/mol. The molecular formula is C15H21ClN2O3. The zero-order valence-electron chi connectivity index (χ0n) is 12.5. The van der Waals surface area contributed by atoms with Crippen molar-refractivity contribution in [3.05, 3.63) is 22.8 Å². The monoisotopic (exact) mass is 312 g/mol. The Labute approximate surface area is 130 Å². The first-order valence-electron chi connectivity index (χ1n) is 7.34. The van der Waals surface area contributed by atoms with Crippen molar-refractivity contribution < 1.29 is 14.3 Å². The number of amides is 1. The molecule has 2 heterocycles. The quantitative estimate of drug-likeness (QED) is 0.839. The molecule has 0 atom stereocenters. The van der Waals surface area contributed by atoms with Gasteiger partial charge in [0.2, 0.25) is 5.88 Å². The Kier molecular flexibility index (Phi) is 5.82. The number of nitrogens with zero attached hydrogens (tertiary/aromatic N) is 2. The Hall–Kier alpha value is -1.33. The number of aromatic nitrogens is 1. The summed E-state index contributed by atoms with van der Waals surface area (Å²) in [7, 11) is 0. The third-order valence-corrected chi connectivity index (χ3v) is 3.82. The molecule has 1 saturated heterocycles. The van der Waals surface area contributed by atoms with E-state index in [4.69, 9.17) is 21.1 Å². The maximum atomic E-state index is 12.2. The molecule has 1 aromatic heterocycles. The minimum absolute atomic E-state index is 0.0629. The molecule has 5 nitrogen and oxygen atoms in total. The van der Waals surface area contributed by atoms with Crippen LogP contribution in [0.5, 0.6) is 5.88 Å². The van der Waals surface area contributed by atoms with Gasteiger partial charge >= 0.3 is 0 Å². The third kappa shape index (κ3) is 4.08. The van der Waals surface area contributed by atoms with Gasteiger partial charge < -0.3 is 14.4 Å². The molecule has 0 N–H and O–H groups in total. The van der Waals surface area contributed by atoms with Gasteiger partial charge in [-0.25, -0.2) is 4.98 Å². The van der Waals surface area contributed by atoms with Crippen LogP contribution in [0.2, 0.25) is 5.02 Å². The van der Waals surface area contributed by atoms with E-state index in [1.54, 1.807) is 11.0 Å². The summed E-state index contributed by atoms with van der Waals surface area (Å²) in [5.41, 5.74) is 0.489. The molecule has 0 aromatic carbocycles. The summed E-state index contributed by atoms with van der Waals surface area (Å²) in [6.45, 7) is 6.60. The van der Waals surface area contributed by atoms with Crippen LogP contribution in [0.15, 0.2) is 12.3 Å². The molecule has 6 heteroatoms. The highest BCUT2D eigenvalue weighted by molar-refractivity contribution is 6.32. The molecule has 1 aromatic rings. The predicted octanol–water partition coefficient (Wildman–Crippen LogP) is 2.77. The Morgan fingerprint density at radius 2 is 2.10 bits per heavy atom. The fourth-order valence-corrected chi connectivity index (χ4v) is 2.49. The zero-order chi connectivity index (χ0) is 15.2. The van der Waals surface area contributed by atoms with Crippen molar-refractivity contribution in [2.45, 2.75) is 32.8 Å². The smallest absolute Gasteiger partial charge is 0.255 e. The van der Waals surface area contributed by atoms with E-state index in [9.17, 15) is 4.79 Å². The van der Waals surface area contributed by atoms with Crippen molar-refractivity contribution in [2.24, 2.45) is 0 Å². The second-order valence-electron chi connectivity index (χ2n) is 4.92. The number of carbonyl (C=O) groups is 1. The Bertz CT molecular complexity index is 486. The van der Waals surface area contributed by atoms with E-state index in [1.807, 2.05) is 13.8 Å². The van der Waals surface area contributed by atoms with Gasteiger partial charge in [-0.05, 0) is 19.9 Å². The van der Waals surface area contributed by atoms with Crippen LogP contribution < -0.4 is 4.74 Å². The van der Waals surface area contributed by atoms with Gasteiger partial charge in [0.25, 0.3) is 5.91 Å². The highest BCUT2D eigenvalue weighted by Crippen LogP contribution is 2.26. The minimum Gasteiger partial charge on any atom is -0.473 e. The Morgan fingerprint density at radius 3 is 2.67 bits per heavy atom. The van der Waals surface area contributed by atoms with Crippen LogP contribution in [-0.2, 0) is 4.74 Å². The van der Waals surface area contributed by atoms with Crippen LogP contribution in [0.3, 0.4) is 0 Å². The molecule has 1 fully saturated rings.